The largest absolute Gasteiger partial charge is 0.495 e. The maximum atomic E-state index is 12.0. The van der Waals surface area contributed by atoms with Gasteiger partial charge in [0.1, 0.15) is 11.5 Å². The first-order valence-electron chi connectivity index (χ1n) is 5.93. The summed E-state index contributed by atoms with van der Waals surface area (Å²) in [4.78, 5) is 13.7. The molecule has 19 heavy (non-hydrogen) atoms. The average Bonchev–Trinajstić information content (AvgIpc) is 2.79. The van der Waals surface area contributed by atoms with Crippen LogP contribution in [0.15, 0.2) is 12.1 Å². The van der Waals surface area contributed by atoms with Gasteiger partial charge in [0, 0.05) is 19.0 Å². The topological polar surface area (TPSA) is 38.8 Å². The molecule has 0 aromatic heterocycles. The highest BCUT2D eigenvalue weighted by Gasteiger charge is 2.31. The maximum absolute atomic E-state index is 12.0. The zero-order chi connectivity index (χ0) is 14.0. The molecular formula is C13H16ClNO3S. The third-order valence-corrected chi connectivity index (χ3v) is 4.02. The summed E-state index contributed by atoms with van der Waals surface area (Å²) in [6.45, 7) is 0.640. The molecule has 1 fully saturated rings. The number of thiol groups is 1. The molecule has 4 nitrogen and oxygen atoms in total. The Morgan fingerprint density at radius 1 is 1.37 bits per heavy atom. The minimum atomic E-state index is 0.0681. The molecule has 1 aromatic rings. The molecule has 1 unspecified atom stereocenters. The second-order valence-corrected chi connectivity index (χ2v) is 5.19. The molecule has 1 heterocycles. The van der Waals surface area contributed by atoms with E-state index in [-0.39, 0.29) is 11.8 Å². The number of ether oxygens (including phenoxy) is 2. The van der Waals surface area contributed by atoms with Crippen molar-refractivity contribution in [3.63, 3.8) is 0 Å². The highest BCUT2D eigenvalue weighted by Crippen LogP contribution is 2.40. The number of rotatable bonds is 4. The summed E-state index contributed by atoms with van der Waals surface area (Å²) in [5.74, 6) is 2.13. The van der Waals surface area contributed by atoms with Crippen molar-refractivity contribution in [2.45, 2.75) is 6.42 Å². The fourth-order valence-electron chi connectivity index (χ4n) is 2.19. The Morgan fingerprint density at radius 2 is 2.05 bits per heavy atom. The predicted molar refractivity (Wildman–Crippen MR) is 78.9 cm³/mol. The number of carbonyl (C=O) groups is 1. The van der Waals surface area contributed by atoms with E-state index >= 15 is 0 Å². The summed E-state index contributed by atoms with van der Waals surface area (Å²) in [6.07, 6.45) is 0.510. The van der Waals surface area contributed by atoms with Gasteiger partial charge in [-0.1, -0.05) is 11.6 Å². The molecule has 1 atom stereocenters. The molecule has 1 aromatic carbocycles. The van der Waals surface area contributed by atoms with Crippen LogP contribution in [0.1, 0.15) is 6.42 Å². The van der Waals surface area contributed by atoms with E-state index in [4.69, 9.17) is 21.1 Å². The van der Waals surface area contributed by atoms with Gasteiger partial charge in [0.25, 0.3) is 0 Å². The van der Waals surface area contributed by atoms with Crippen LogP contribution in [0.3, 0.4) is 0 Å². The third kappa shape index (κ3) is 2.77. The number of anilines is 1. The van der Waals surface area contributed by atoms with Gasteiger partial charge in [0.2, 0.25) is 5.91 Å². The van der Waals surface area contributed by atoms with Crippen LogP contribution in [0.2, 0.25) is 5.02 Å². The molecular weight excluding hydrogens is 286 g/mol. The molecule has 0 bridgehead atoms. The highest BCUT2D eigenvalue weighted by atomic mass is 35.5. The number of hydrogen-bond acceptors (Lipinski definition) is 4. The maximum Gasteiger partial charge on any atom is 0.227 e. The van der Waals surface area contributed by atoms with Crippen LogP contribution >= 0.6 is 24.2 Å². The minimum absolute atomic E-state index is 0.0681. The van der Waals surface area contributed by atoms with Gasteiger partial charge in [-0.15, -0.1) is 0 Å². The monoisotopic (exact) mass is 301 g/mol. The predicted octanol–water partition coefficient (Wildman–Crippen LogP) is 2.64. The summed E-state index contributed by atoms with van der Waals surface area (Å²) >= 11 is 10.4. The van der Waals surface area contributed by atoms with Crippen LogP contribution in [-0.4, -0.2) is 32.4 Å². The van der Waals surface area contributed by atoms with Crippen molar-refractivity contribution < 1.29 is 14.3 Å². The minimum Gasteiger partial charge on any atom is -0.495 e. The van der Waals surface area contributed by atoms with Gasteiger partial charge in [-0.3, -0.25) is 4.79 Å². The van der Waals surface area contributed by atoms with Crippen molar-refractivity contribution in [1.29, 1.82) is 0 Å². The second kappa shape index (κ2) is 5.92. The van der Waals surface area contributed by atoms with Crippen LogP contribution in [0.25, 0.3) is 0 Å². The first kappa shape index (κ1) is 14.3. The van der Waals surface area contributed by atoms with Crippen LogP contribution < -0.4 is 14.4 Å². The Hall–Kier alpha value is -1.07. The van der Waals surface area contributed by atoms with Crippen LogP contribution in [0.4, 0.5) is 5.69 Å². The smallest absolute Gasteiger partial charge is 0.227 e. The van der Waals surface area contributed by atoms with E-state index in [0.29, 0.717) is 40.9 Å². The van der Waals surface area contributed by atoms with Crippen molar-refractivity contribution in [3.8, 4) is 11.5 Å². The van der Waals surface area contributed by atoms with Crippen molar-refractivity contribution in [3.05, 3.63) is 17.2 Å². The number of benzene rings is 1. The highest BCUT2D eigenvalue weighted by molar-refractivity contribution is 7.80. The van der Waals surface area contributed by atoms with E-state index < -0.39 is 0 Å². The Bertz CT molecular complexity index is 495. The lowest BCUT2D eigenvalue weighted by atomic mass is 10.1. The lowest BCUT2D eigenvalue weighted by molar-refractivity contribution is -0.117. The van der Waals surface area contributed by atoms with Gasteiger partial charge in [0.15, 0.2) is 0 Å². The molecule has 6 heteroatoms. The number of nitrogens with zero attached hydrogens (tertiary/aromatic N) is 1. The number of carbonyl (C=O) groups excluding carboxylic acids is 1. The van der Waals surface area contributed by atoms with Gasteiger partial charge < -0.3 is 14.4 Å². The Balaban J connectivity index is 2.39. The van der Waals surface area contributed by atoms with E-state index in [1.165, 1.54) is 7.11 Å². The average molecular weight is 302 g/mol. The summed E-state index contributed by atoms with van der Waals surface area (Å²) < 4.78 is 10.5. The van der Waals surface area contributed by atoms with E-state index in [2.05, 4.69) is 12.6 Å². The molecule has 0 radical (unpaired) electrons. The second-order valence-electron chi connectivity index (χ2n) is 4.42. The molecule has 0 aliphatic carbocycles. The van der Waals surface area contributed by atoms with Crippen LogP contribution in [-0.2, 0) is 4.79 Å². The van der Waals surface area contributed by atoms with Crippen LogP contribution in [0.5, 0.6) is 11.5 Å². The summed E-state index contributed by atoms with van der Waals surface area (Å²) in [6, 6.07) is 3.40. The number of halogens is 1. The summed E-state index contributed by atoms with van der Waals surface area (Å²) in [5.41, 5.74) is 0.683. The first-order chi connectivity index (χ1) is 9.10. The van der Waals surface area contributed by atoms with E-state index in [0.717, 1.165) is 0 Å². The third-order valence-electron chi connectivity index (χ3n) is 3.21. The van der Waals surface area contributed by atoms with E-state index in [9.17, 15) is 4.79 Å². The molecule has 0 spiro atoms. The van der Waals surface area contributed by atoms with Gasteiger partial charge >= 0.3 is 0 Å². The SMILES string of the molecule is COc1cc(OC)c(N2CC(CS)CC2=O)cc1Cl. The number of amides is 1. The standard InChI is InChI=1S/C13H16ClNO3S/c1-17-11-5-12(18-2)10(4-9(11)14)15-6-8(7-19)3-13(15)16/h4-5,8,19H,3,6-7H2,1-2H3. The molecule has 1 amide bonds. The van der Waals surface area contributed by atoms with Crippen molar-refractivity contribution >= 4 is 35.8 Å². The van der Waals surface area contributed by atoms with Gasteiger partial charge in [0.05, 0.1) is 24.9 Å². The Labute approximate surface area is 123 Å². The molecule has 0 saturated carbocycles. The fraction of sp³-hybridized carbons (Fsp3) is 0.462. The first-order valence-corrected chi connectivity index (χ1v) is 6.94. The van der Waals surface area contributed by atoms with E-state index in [1.807, 2.05) is 0 Å². The number of hydrogen-bond donors (Lipinski definition) is 1. The fourth-order valence-corrected chi connectivity index (χ4v) is 2.67. The molecule has 1 saturated heterocycles. The molecule has 0 N–H and O–H groups in total. The van der Waals surface area contributed by atoms with E-state index in [1.54, 1.807) is 24.1 Å². The summed E-state index contributed by atoms with van der Waals surface area (Å²) in [7, 11) is 3.10. The molecule has 1 aliphatic rings. The molecule has 1 aliphatic heterocycles. The van der Waals surface area contributed by atoms with Crippen LogP contribution in [0, 0.1) is 5.92 Å². The van der Waals surface area contributed by atoms with Gasteiger partial charge in [-0.25, -0.2) is 0 Å². The quantitative estimate of drug-likeness (QED) is 0.869. The Morgan fingerprint density at radius 3 is 2.58 bits per heavy atom. The lowest BCUT2D eigenvalue weighted by Gasteiger charge is -2.20. The molecule has 2 rings (SSSR count). The van der Waals surface area contributed by atoms with Crippen molar-refractivity contribution in [1.82, 2.24) is 0 Å². The van der Waals surface area contributed by atoms with Gasteiger partial charge in [-0.05, 0) is 17.7 Å². The number of methoxy groups -OCH3 is 2. The molecule has 104 valence electrons. The summed E-state index contributed by atoms with van der Waals surface area (Å²) in [5, 5.41) is 0.459. The zero-order valence-electron chi connectivity index (χ0n) is 10.9. The lowest BCUT2D eigenvalue weighted by Crippen LogP contribution is -2.25. The Kier molecular flexibility index (Phi) is 4.47. The van der Waals surface area contributed by atoms with Gasteiger partial charge in [-0.2, -0.15) is 12.6 Å². The van der Waals surface area contributed by atoms with Crippen molar-refractivity contribution in [2.75, 3.05) is 31.4 Å². The van der Waals surface area contributed by atoms with Crippen molar-refractivity contribution in [2.24, 2.45) is 5.92 Å². The normalized spacial score (nSPS) is 18.8. The zero-order valence-corrected chi connectivity index (χ0v) is 12.5.